The second kappa shape index (κ2) is 5.10. The number of nitriles is 1. The van der Waals surface area contributed by atoms with Crippen LogP contribution in [0.25, 0.3) is 0 Å². The number of hydrogen-bond donors (Lipinski definition) is 0. The van der Waals surface area contributed by atoms with Crippen molar-refractivity contribution in [3.63, 3.8) is 0 Å². The third-order valence-corrected chi connectivity index (χ3v) is 2.14. The van der Waals surface area contributed by atoms with E-state index in [4.69, 9.17) is 28.5 Å². The van der Waals surface area contributed by atoms with Gasteiger partial charge >= 0.3 is 0 Å². The molecule has 7 heteroatoms. The third kappa shape index (κ3) is 3.18. The molecular weight excluding hydrogens is 237 g/mol. The first kappa shape index (κ1) is 12.0. The van der Waals surface area contributed by atoms with Crippen molar-refractivity contribution in [2.45, 2.75) is 6.92 Å². The molecule has 0 spiro atoms. The summed E-state index contributed by atoms with van der Waals surface area (Å²) in [4.78, 5) is 5.66. The lowest BCUT2D eigenvalue weighted by Gasteiger charge is -2.19. The lowest BCUT2D eigenvalue weighted by atomic mass is 10.2. The molecule has 0 saturated heterocycles. The summed E-state index contributed by atoms with van der Waals surface area (Å²) in [5.41, 5.74) is 0. The maximum atomic E-state index is 8.67. The molecule has 0 N–H and O–H groups in total. The molecule has 0 saturated carbocycles. The summed E-state index contributed by atoms with van der Waals surface area (Å²) in [7, 11) is 1.76. The number of halogens is 2. The molecule has 0 radical (unpaired) electrons. The van der Waals surface area contributed by atoms with Gasteiger partial charge in [0.25, 0.3) is 0 Å². The highest BCUT2D eigenvalue weighted by atomic mass is 35.5. The van der Waals surface area contributed by atoms with Crippen LogP contribution in [-0.2, 0) is 0 Å². The van der Waals surface area contributed by atoms with Crippen molar-refractivity contribution in [2.75, 3.05) is 18.5 Å². The molecule has 1 aromatic rings. The lowest BCUT2D eigenvalue weighted by molar-refractivity contribution is 0.706. The van der Waals surface area contributed by atoms with Gasteiger partial charge in [-0.1, -0.05) is 11.6 Å². The van der Waals surface area contributed by atoms with Crippen LogP contribution in [0.2, 0.25) is 10.4 Å². The highest BCUT2D eigenvalue weighted by molar-refractivity contribution is 6.32. The van der Waals surface area contributed by atoms with E-state index >= 15 is 0 Å². The number of rotatable bonds is 3. The van der Waals surface area contributed by atoms with Crippen LogP contribution in [0.15, 0.2) is 0 Å². The van der Waals surface area contributed by atoms with Gasteiger partial charge < -0.3 is 4.90 Å². The van der Waals surface area contributed by atoms with Gasteiger partial charge in [-0.3, -0.25) is 0 Å². The van der Waals surface area contributed by atoms with Crippen molar-refractivity contribution in [2.24, 2.45) is 5.92 Å². The van der Waals surface area contributed by atoms with Crippen LogP contribution in [0.3, 0.4) is 0 Å². The van der Waals surface area contributed by atoms with Crippen molar-refractivity contribution in [1.82, 2.24) is 15.2 Å². The topological polar surface area (TPSA) is 65.7 Å². The van der Waals surface area contributed by atoms with Crippen LogP contribution in [-0.4, -0.2) is 28.8 Å². The fourth-order valence-electron chi connectivity index (χ4n) is 1.07. The summed E-state index contributed by atoms with van der Waals surface area (Å²) in [6.07, 6.45) is 0. The summed E-state index contributed by atoms with van der Waals surface area (Å²) in [6.45, 7) is 2.31. The Morgan fingerprint density at radius 1 is 1.47 bits per heavy atom. The standard InChI is InChI=1S/C8H9Cl2N5/c1-5(3-11)4-15(2)7-6(9)13-14-8(10)12-7/h5H,4H2,1-2H3. The quantitative estimate of drug-likeness (QED) is 0.813. The van der Waals surface area contributed by atoms with Gasteiger partial charge in [0.15, 0.2) is 11.0 Å². The van der Waals surface area contributed by atoms with E-state index in [0.29, 0.717) is 12.4 Å². The van der Waals surface area contributed by atoms with Crippen LogP contribution in [0.1, 0.15) is 6.92 Å². The third-order valence-electron chi connectivity index (χ3n) is 1.73. The molecule has 0 aliphatic rings. The van der Waals surface area contributed by atoms with Gasteiger partial charge in [-0.2, -0.15) is 10.2 Å². The second-order valence-corrected chi connectivity index (χ2v) is 3.80. The molecule has 1 unspecified atom stereocenters. The van der Waals surface area contributed by atoms with E-state index in [1.807, 2.05) is 0 Å². The van der Waals surface area contributed by atoms with Gasteiger partial charge in [0.1, 0.15) is 0 Å². The molecule has 5 nitrogen and oxygen atoms in total. The molecule has 1 atom stereocenters. The molecule has 1 rings (SSSR count). The summed E-state index contributed by atoms with van der Waals surface area (Å²) in [5.74, 6) is 0.304. The minimum atomic E-state index is -0.125. The number of aromatic nitrogens is 3. The molecular formula is C8H9Cl2N5. The predicted molar refractivity (Wildman–Crippen MR) is 57.9 cm³/mol. The molecule has 1 aromatic heterocycles. The monoisotopic (exact) mass is 245 g/mol. The van der Waals surface area contributed by atoms with Crippen LogP contribution in [0, 0.1) is 17.2 Å². The van der Waals surface area contributed by atoms with E-state index in [1.54, 1.807) is 18.9 Å². The first-order chi connectivity index (χ1) is 7.04. The van der Waals surface area contributed by atoms with Crippen LogP contribution >= 0.6 is 23.2 Å². The Morgan fingerprint density at radius 2 is 2.13 bits per heavy atom. The van der Waals surface area contributed by atoms with E-state index in [0.717, 1.165) is 0 Å². The van der Waals surface area contributed by atoms with Gasteiger partial charge in [-0.05, 0) is 18.5 Å². The molecule has 0 aliphatic carbocycles. The van der Waals surface area contributed by atoms with Crippen molar-refractivity contribution in [1.29, 1.82) is 5.26 Å². The van der Waals surface area contributed by atoms with Gasteiger partial charge in [0.2, 0.25) is 5.28 Å². The van der Waals surface area contributed by atoms with Crippen molar-refractivity contribution in [3.8, 4) is 6.07 Å². The van der Waals surface area contributed by atoms with Crippen molar-refractivity contribution in [3.05, 3.63) is 10.4 Å². The van der Waals surface area contributed by atoms with Gasteiger partial charge in [-0.15, -0.1) is 10.2 Å². The van der Waals surface area contributed by atoms with Crippen molar-refractivity contribution < 1.29 is 0 Å². The molecule has 0 amide bonds. The summed E-state index contributed by atoms with van der Waals surface area (Å²) < 4.78 is 0. The summed E-state index contributed by atoms with van der Waals surface area (Å²) in [5, 5.41) is 16.0. The normalized spacial score (nSPS) is 11.9. The fraction of sp³-hybridized carbons (Fsp3) is 0.500. The second-order valence-electron chi connectivity index (χ2n) is 3.11. The van der Waals surface area contributed by atoms with E-state index < -0.39 is 0 Å². The highest BCUT2D eigenvalue weighted by Crippen LogP contribution is 2.20. The average Bonchev–Trinajstić information content (AvgIpc) is 2.21. The molecule has 0 fully saturated rings. The van der Waals surface area contributed by atoms with E-state index in [1.165, 1.54) is 0 Å². The van der Waals surface area contributed by atoms with E-state index in [9.17, 15) is 0 Å². The highest BCUT2D eigenvalue weighted by Gasteiger charge is 2.13. The summed E-state index contributed by atoms with van der Waals surface area (Å²) >= 11 is 11.4. The maximum Gasteiger partial charge on any atom is 0.245 e. The molecule has 0 aliphatic heterocycles. The lowest BCUT2D eigenvalue weighted by Crippen LogP contribution is -2.25. The Labute approximate surface area is 97.6 Å². The first-order valence-corrected chi connectivity index (χ1v) is 4.96. The molecule has 1 heterocycles. The average molecular weight is 246 g/mol. The molecule has 80 valence electrons. The SMILES string of the molecule is CC(C#N)CN(C)c1nc(Cl)nnc1Cl. The fourth-order valence-corrected chi connectivity index (χ4v) is 1.41. The molecule has 15 heavy (non-hydrogen) atoms. The molecule has 0 bridgehead atoms. The van der Waals surface area contributed by atoms with E-state index in [2.05, 4.69) is 21.3 Å². The number of anilines is 1. The van der Waals surface area contributed by atoms with Crippen LogP contribution in [0.5, 0.6) is 0 Å². The Bertz CT molecular complexity index is 389. The Morgan fingerprint density at radius 3 is 2.73 bits per heavy atom. The largest absolute Gasteiger partial charge is 0.356 e. The van der Waals surface area contributed by atoms with Gasteiger partial charge in [0.05, 0.1) is 12.0 Å². The number of nitrogens with zero attached hydrogens (tertiary/aromatic N) is 5. The molecule has 0 aromatic carbocycles. The maximum absolute atomic E-state index is 8.67. The first-order valence-electron chi connectivity index (χ1n) is 4.21. The van der Waals surface area contributed by atoms with Crippen LogP contribution < -0.4 is 4.90 Å². The zero-order chi connectivity index (χ0) is 11.4. The zero-order valence-electron chi connectivity index (χ0n) is 8.28. The summed E-state index contributed by atoms with van der Waals surface area (Å²) in [6, 6.07) is 2.12. The van der Waals surface area contributed by atoms with E-state index in [-0.39, 0.29) is 16.4 Å². The van der Waals surface area contributed by atoms with Crippen molar-refractivity contribution >= 4 is 29.0 Å². The van der Waals surface area contributed by atoms with Gasteiger partial charge in [-0.25, -0.2) is 0 Å². The Kier molecular flexibility index (Phi) is 4.06. The Balaban J connectivity index is 2.86. The number of hydrogen-bond acceptors (Lipinski definition) is 5. The zero-order valence-corrected chi connectivity index (χ0v) is 9.79. The van der Waals surface area contributed by atoms with Gasteiger partial charge in [0, 0.05) is 13.6 Å². The van der Waals surface area contributed by atoms with Crippen LogP contribution in [0.4, 0.5) is 5.82 Å². The predicted octanol–water partition coefficient (Wildman–Crippen LogP) is 1.77. The minimum absolute atomic E-state index is 0.0332. The smallest absolute Gasteiger partial charge is 0.245 e. The Hall–Kier alpha value is -1.12. The minimum Gasteiger partial charge on any atom is -0.356 e.